The molecule has 3 rings (SSSR count). The van der Waals surface area contributed by atoms with Gasteiger partial charge in [0.1, 0.15) is 18.2 Å². The Hall–Kier alpha value is -3.13. The summed E-state index contributed by atoms with van der Waals surface area (Å²) in [5.41, 5.74) is 0.714. The minimum atomic E-state index is -0.995. The SMILES string of the molecule is CC(=O)N(c1ccccc1)c1nc(COC(=O)c2ccc(F)cc2F)cs1. The van der Waals surface area contributed by atoms with Crippen molar-refractivity contribution < 1.29 is 23.1 Å². The van der Waals surface area contributed by atoms with Crippen molar-refractivity contribution in [1.82, 2.24) is 4.98 Å². The Kier molecular flexibility index (Phi) is 5.56. The third-order valence-electron chi connectivity index (χ3n) is 3.56. The molecule has 0 atom stereocenters. The first-order valence-corrected chi connectivity index (χ1v) is 8.76. The van der Waals surface area contributed by atoms with Gasteiger partial charge in [-0.15, -0.1) is 11.3 Å². The Morgan fingerprint density at radius 3 is 2.56 bits per heavy atom. The quantitative estimate of drug-likeness (QED) is 0.606. The number of thiazole rings is 1. The fraction of sp³-hybridized carbons (Fsp3) is 0.105. The van der Waals surface area contributed by atoms with Gasteiger partial charge in [-0.2, -0.15) is 0 Å². The molecule has 1 amide bonds. The molecule has 0 radical (unpaired) electrons. The fourth-order valence-corrected chi connectivity index (χ4v) is 3.21. The average Bonchev–Trinajstić information content (AvgIpc) is 3.09. The van der Waals surface area contributed by atoms with Crippen LogP contribution in [0.3, 0.4) is 0 Å². The van der Waals surface area contributed by atoms with Crippen molar-refractivity contribution in [1.29, 1.82) is 0 Å². The second-order valence-electron chi connectivity index (χ2n) is 5.51. The summed E-state index contributed by atoms with van der Waals surface area (Å²) in [6.45, 7) is 1.22. The second-order valence-corrected chi connectivity index (χ2v) is 6.35. The standard InChI is InChI=1S/C19H14F2N2O3S/c1-12(24)23(15-5-3-2-4-6-15)19-22-14(11-27-19)10-26-18(25)16-8-7-13(20)9-17(16)21/h2-9,11H,10H2,1H3. The summed E-state index contributed by atoms with van der Waals surface area (Å²) in [4.78, 5) is 29.7. The highest BCUT2D eigenvalue weighted by molar-refractivity contribution is 7.14. The first kappa shape index (κ1) is 18.7. The van der Waals surface area contributed by atoms with Crippen molar-refractivity contribution >= 4 is 34.0 Å². The number of anilines is 2. The molecule has 0 N–H and O–H groups in total. The molecule has 5 nitrogen and oxygen atoms in total. The number of aromatic nitrogens is 1. The fourth-order valence-electron chi connectivity index (χ4n) is 2.34. The molecule has 27 heavy (non-hydrogen) atoms. The zero-order chi connectivity index (χ0) is 19.4. The van der Waals surface area contributed by atoms with Gasteiger partial charge in [0.25, 0.3) is 0 Å². The van der Waals surface area contributed by atoms with E-state index in [1.807, 2.05) is 6.07 Å². The monoisotopic (exact) mass is 388 g/mol. The van der Waals surface area contributed by atoms with Crippen LogP contribution in [0, 0.1) is 11.6 Å². The molecule has 0 spiro atoms. The van der Waals surface area contributed by atoms with Gasteiger partial charge in [-0.05, 0) is 24.3 Å². The highest BCUT2D eigenvalue weighted by atomic mass is 32.1. The topological polar surface area (TPSA) is 59.5 Å². The molecular formula is C19H14F2N2O3S. The number of para-hydroxylation sites is 1. The molecule has 138 valence electrons. The normalized spacial score (nSPS) is 10.5. The van der Waals surface area contributed by atoms with Gasteiger partial charge in [-0.3, -0.25) is 9.69 Å². The molecule has 3 aromatic rings. The smallest absolute Gasteiger partial charge is 0.341 e. The highest BCUT2D eigenvalue weighted by Gasteiger charge is 2.19. The lowest BCUT2D eigenvalue weighted by atomic mass is 10.2. The van der Waals surface area contributed by atoms with E-state index in [1.165, 1.54) is 23.2 Å². The Morgan fingerprint density at radius 1 is 1.15 bits per heavy atom. The predicted octanol–water partition coefficient (Wildman–Crippen LogP) is 4.46. The van der Waals surface area contributed by atoms with Crippen LogP contribution in [0.25, 0.3) is 0 Å². The maximum absolute atomic E-state index is 13.6. The highest BCUT2D eigenvalue weighted by Crippen LogP contribution is 2.29. The van der Waals surface area contributed by atoms with Gasteiger partial charge in [0.05, 0.1) is 16.9 Å². The first-order valence-electron chi connectivity index (χ1n) is 7.88. The van der Waals surface area contributed by atoms with E-state index in [1.54, 1.807) is 29.6 Å². The van der Waals surface area contributed by atoms with Crippen LogP contribution in [0.2, 0.25) is 0 Å². The van der Waals surface area contributed by atoms with Crippen LogP contribution >= 0.6 is 11.3 Å². The third-order valence-corrected chi connectivity index (χ3v) is 4.44. The maximum Gasteiger partial charge on any atom is 0.341 e. The number of hydrogen-bond acceptors (Lipinski definition) is 5. The first-order chi connectivity index (χ1) is 13.0. The maximum atomic E-state index is 13.6. The van der Waals surface area contributed by atoms with Crippen molar-refractivity contribution in [2.75, 3.05) is 4.90 Å². The summed E-state index contributed by atoms with van der Waals surface area (Å²) in [5, 5.41) is 2.07. The number of carbonyl (C=O) groups excluding carboxylic acids is 2. The van der Waals surface area contributed by atoms with Gasteiger partial charge in [0, 0.05) is 18.4 Å². The molecule has 0 unspecified atom stereocenters. The number of halogens is 2. The Labute approximate surface area is 157 Å². The van der Waals surface area contributed by atoms with Gasteiger partial charge in [-0.1, -0.05) is 18.2 Å². The van der Waals surface area contributed by atoms with Crippen LogP contribution in [0.4, 0.5) is 19.6 Å². The number of benzene rings is 2. The van der Waals surface area contributed by atoms with Crippen LogP contribution in [-0.4, -0.2) is 16.9 Å². The molecule has 0 aliphatic carbocycles. The Balaban J connectivity index is 1.72. The van der Waals surface area contributed by atoms with E-state index in [9.17, 15) is 18.4 Å². The van der Waals surface area contributed by atoms with Crippen molar-refractivity contribution in [2.45, 2.75) is 13.5 Å². The number of amides is 1. The van der Waals surface area contributed by atoms with Crippen LogP contribution in [0.1, 0.15) is 23.0 Å². The Morgan fingerprint density at radius 2 is 1.89 bits per heavy atom. The van der Waals surface area contributed by atoms with Crippen LogP contribution in [0.5, 0.6) is 0 Å². The zero-order valence-electron chi connectivity index (χ0n) is 14.2. The molecule has 1 aromatic heterocycles. The van der Waals surface area contributed by atoms with Crippen molar-refractivity contribution in [3.8, 4) is 0 Å². The lowest BCUT2D eigenvalue weighted by Gasteiger charge is -2.17. The molecule has 0 aliphatic heterocycles. The third kappa shape index (κ3) is 4.35. The number of rotatable bonds is 5. The van der Waals surface area contributed by atoms with Gasteiger partial charge >= 0.3 is 5.97 Å². The minimum Gasteiger partial charge on any atom is -0.455 e. The van der Waals surface area contributed by atoms with E-state index in [-0.39, 0.29) is 18.1 Å². The van der Waals surface area contributed by atoms with E-state index in [0.29, 0.717) is 22.6 Å². The van der Waals surface area contributed by atoms with Gasteiger partial charge in [0.2, 0.25) is 5.91 Å². The lowest BCUT2D eigenvalue weighted by molar-refractivity contribution is -0.115. The molecule has 0 saturated heterocycles. The van der Waals surface area contributed by atoms with Crippen molar-refractivity contribution in [2.24, 2.45) is 0 Å². The molecule has 0 saturated carbocycles. The van der Waals surface area contributed by atoms with E-state index in [0.717, 1.165) is 12.1 Å². The molecule has 8 heteroatoms. The molecule has 1 heterocycles. The minimum absolute atomic E-state index is 0.202. The zero-order valence-corrected chi connectivity index (χ0v) is 15.0. The summed E-state index contributed by atoms with van der Waals surface area (Å²) in [5.74, 6) is -2.91. The van der Waals surface area contributed by atoms with E-state index < -0.39 is 17.6 Å². The molecule has 0 aliphatic rings. The molecule has 0 fully saturated rings. The van der Waals surface area contributed by atoms with E-state index >= 15 is 0 Å². The number of nitrogens with zero attached hydrogens (tertiary/aromatic N) is 2. The van der Waals surface area contributed by atoms with Gasteiger partial charge in [-0.25, -0.2) is 18.6 Å². The number of esters is 1. The Bertz CT molecular complexity index is 976. The van der Waals surface area contributed by atoms with Gasteiger partial charge < -0.3 is 4.74 Å². The summed E-state index contributed by atoms with van der Waals surface area (Å²) >= 11 is 1.21. The van der Waals surface area contributed by atoms with Crippen molar-refractivity contribution in [3.63, 3.8) is 0 Å². The lowest BCUT2D eigenvalue weighted by Crippen LogP contribution is -2.22. The molecular weight excluding hydrogens is 374 g/mol. The van der Waals surface area contributed by atoms with Crippen molar-refractivity contribution in [3.05, 3.63) is 76.8 Å². The average molecular weight is 388 g/mol. The van der Waals surface area contributed by atoms with Gasteiger partial charge in [0.15, 0.2) is 5.13 Å². The predicted molar refractivity (Wildman–Crippen MR) is 96.9 cm³/mol. The molecule has 0 bridgehead atoms. The number of carbonyl (C=O) groups is 2. The van der Waals surface area contributed by atoms with Crippen LogP contribution in [0.15, 0.2) is 53.9 Å². The second kappa shape index (κ2) is 8.05. The largest absolute Gasteiger partial charge is 0.455 e. The summed E-state index contributed by atoms with van der Waals surface area (Å²) in [6.07, 6.45) is 0. The summed E-state index contributed by atoms with van der Waals surface area (Å²) in [6, 6.07) is 11.6. The number of hydrogen-bond donors (Lipinski definition) is 0. The van der Waals surface area contributed by atoms with Crippen LogP contribution in [-0.2, 0) is 16.1 Å². The van der Waals surface area contributed by atoms with Crippen LogP contribution < -0.4 is 4.90 Å². The van der Waals surface area contributed by atoms with E-state index in [4.69, 9.17) is 4.74 Å². The molecule has 2 aromatic carbocycles. The number of ether oxygens (including phenoxy) is 1. The summed E-state index contributed by atoms with van der Waals surface area (Å²) in [7, 11) is 0. The summed E-state index contributed by atoms with van der Waals surface area (Å²) < 4.78 is 31.6. The van der Waals surface area contributed by atoms with E-state index in [2.05, 4.69) is 4.98 Å².